The molecule has 1 fully saturated rings. The average Bonchev–Trinajstić information content (AvgIpc) is 2.96. The van der Waals surface area contributed by atoms with Gasteiger partial charge < -0.3 is 14.5 Å². The lowest BCUT2D eigenvalue weighted by atomic mass is 10.2. The summed E-state index contributed by atoms with van der Waals surface area (Å²) < 4.78 is 7.91. The van der Waals surface area contributed by atoms with Crippen molar-refractivity contribution < 1.29 is 9.53 Å². The molecule has 0 atom stereocenters. The molecule has 0 aliphatic carbocycles. The first kappa shape index (κ1) is 16.8. The number of carbonyl (C=O) groups is 1. The van der Waals surface area contributed by atoms with Crippen LogP contribution in [0.3, 0.4) is 0 Å². The predicted molar refractivity (Wildman–Crippen MR) is 102 cm³/mol. The van der Waals surface area contributed by atoms with Gasteiger partial charge in [-0.15, -0.1) is 11.3 Å². The molecule has 23 heavy (non-hydrogen) atoms. The highest BCUT2D eigenvalue weighted by Gasteiger charge is 2.27. The molecule has 124 valence electrons. The Bertz CT molecular complexity index is 718. The fourth-order valence-electron chi connectivity index (χ4n) is 2.60. The van der Waals surface area contributed by atoms with Gasteiger partial charge in [-0.3, -0.25) is 0 Å². The van der Waals surface area contributed by atoms with Gasteiger partial charge in [-0.05, 0) is 54.8 Å². The Morgan fingerprint density at radius 2 is 2.00 bits per heavy atom. The molecular formula is C16H20IN3O2S. The van der Waals surface area contributed by atoms with Gasteiger partial charge in [0.05, 0.1) is 4.70 Å². The number of carbonyl (C=O) groups excluding carboxylic acids is 1. The molecule has 0 N–H and O–H groups in total. The summed E-state index contributed by atoms with van der Waals surface area (Å²) in [6, 6.07) is 2.13. The Morgan fingerprint density at radius 3 is 2.65 bits per heavy atom. The molecule has 0 aromatic carbocycles. The van der Waals surface area contributed by atoms with E-state index < -0.39 is 5.60 Å². The van der Waals surface area contributed by atoms with Crippen LogP contribution >= 0.6 is 33.9 Å². The maximum absolute atomic E-state index is 12.1. The van der Waals surface area contributed by atoms with Crippen LogP contribution in [0.2, 0.25) is 0 Å². The molecule has 0 spiro atoms. The molecule has 3 heterocycles. The fourth-order valence-corrected chi connectivity index (χ4v) is 4.20. The summed E-state index contributed by atoms with van der Waals surface area (Å²) in [6.45, 7) is 8.55. The third-order valence-electron chi connectivity index (χ3n) is 3.65. The van der Waals surface area contributed by atoms with E-state index in [9.17, 15) is 4.79 Å². The van der Waals surface area contributed by atoms with Gasteiger partial charge in [0, 0.05) is 41.3 Å². The highest BCUT2D eigenvalue weighted by atomic mass is 127. The lowest BCUT2D eigenvalue weighted by molar-refractivity contribution is 0.0240. The Labute approximate surface area is 153 Å². The summed E-state index contributed by atoms with van der Waals surface area (Å²) in [6.07, 6.45) is 1.70. The van der Waals surface area contributed by atoms with E-state index in [1.165, 1.54) is 13.7 Å². The lowest BCUT2D eigenvalue weighted by Crippen LogP contribution is -2.50. The number of rotatable bonds is 1. The van der Waals surface area contributed by atoms with E-state index in [1.54, 1.807) is 16.2 Å². The third kappa shape index (κ3) is 3.71. The summed E-state index contributed by atoms with van der Waals surface area (Å²) in [7, 11) is 0. The third-order valence-corrected chi connectivity index (χ3v) is 5.79. The number of aromatic nitrogens is 1. The molecule has 5 nitrogen and oxygen atoms in total. The summed E-state index contributed by atoms with van der Waals surface area (Å²) >= 11 is 4.07. The van der Waals surface area contributed by atoms with Crippen LogP contribution in [-0.4, -0.2) is 47.8 Å². The van der Waals surface area contributed by atoms with E-state index in [0.29, 0.717) is 13.1 Å². The summed E-state index contributed by atoms with van der Waals surface area (Å²) in [5.41, 5.74) is -0.450. The van der Waals surface area contributed by atoms with Crippen LogP contribution in [0.4, 0.5) is 10.6 Å². The topological polar surface area (TPSA) is 45.7 Å². The number of hydrogen-bond acceptors (Lipinski definition) is 5. The number of ether oxygens (including phenoxy) is 1. The number of hydrogen-bond donors (Lipinski definition) is 0. The number of thiophene rings is 1. The Kier molecular flexibility index (Phi) is 4.68. The van der Waals surface area contributed by atoms with Crippen LogP contribution in [0.25, 0.3) is 10.1 Å². The van der Waals surface area contributed by atoms with Gasteiger partial charge in [0.2, 0.25) is 0 Å². The minimum Gasteiger partial charge on any atom is -0.444 e. The SMILES string of the molecule is CC(C)(C)OC(=O)N1CCN(c2ncc(I)c3sccc23)CC1. The first-order valence-corrected chi connectivity index (χ1v) is 9.55. The maximum Gasteiger partial charge on any atom is 0.410 e. The Hall–Kier alpha value is -1.09. The van der Waals surface area contributed by atoms with Crippen molar-refractivity contribution in [2.45, 2.75) is 26.4 Å². The Morgan fingerprint density at radius 1 is 1.30 bits per heavy atom. The van der Waals surface area contributed by atoms with Crippen molar-refractivity contribution in [3.63, 3.8) is 0 Å². The maximum atomic E-state index is 12.1. The zero-order chi connectivity index (χ0) is 16.6. The number of pyridine rings is 1. The van der Waals surface area contributed by atoms with E-state index >= 15 is 0 Å². The molecule has 2 aromatic heterocycles. The number of piperazine rings is 1. The van der Waals surface area contributed by atoms with Crippen LogP contribution < -0.4 is 4.90 Å². The number of anilines is 1. The minimum atomic E-state index is -0.450. The van der Waals surface area contributed by atoms with E-state index in [0.717, 1.165) is 18.9 Å². The molecule has 7 heteroatoms. The van der Waals surface area contributed by atoms with Crippen molar-refractivity contribution in [3.8, 4) is 0 Å². The molecule has 0 bridgehead atoms. The van der Waals surface area contributed by atoms with Gasteiger partial charge >= 0.3 is 6.09 Å². The van der Waals surface area contributed by atoms with Crippen LogP contribution in [0.15, 0.2) is 17.6 Å². The van der Waals surface area contributed by atoms with Crippen molar-refractivity contribution in [2.75, 3.05) is 31.1 Å². The molecule has 0 radical (unpaired) electrons. The van der Waals surface area contributed by atoms with Gasteiger partial charge in [0.25, 0.3) is 0 Å². The number of fused-ring (bicyclic) bond motifs is 1. The van der Waals surface area contributed by atoms with Crippen molar-refractivity contribution in [2.24, 2.45) is 0 Å². The highest BCUT2D eigenvalue weighted by molar-refractivity contribution is 14.1. The van der Waals surface area contributed by atoms with E-state index in [2.05, 4.69) is 43.9 Å². The van der Waals surface area contributed by atoms with E-state index in [4.69, 9.17) is 4.74 Å². The number of amides is 1. The highest BCUT2D eigenvalue weighted by Crippen LogP contribution is 2.32. The van der Waals surface area contributed by atoms with Gasteiger partial charge in [-0.25, -0.2) is 9.78 Å². The van der Waals surface area contributed by atoms with Crippen molar-refractivity contribution >= 4 is 55.9 Å². The van der Waals surface area contributed by atoms with E-state index in [-0.39, 0.29) is 6.09 Å². The van der Waals surface area contributed by atoms with Crippen LogP contribution in [-0.2, 0) is 4.74 Å². The minimum absolute atomic E-state index is 0.228. The number of halogens is 1. The fraction of sp³-hybridized carbons (Fsp3) is 0.500. The molecule has 1 aliphatic heterocycles. The first-order chi connectivity index (χ1) is 10.8. The molecule has 1 aliphatic rings. The molecular weight excluding hydrogens is 425 g/mol. The second kappa shape index (κ2) is 6.43. The normalized spacial score (nSPS) is 16.0. The molecule has 2 aromatic rings. The van der Waals surface area contributed by atoms with Gasteiger partial charge in [0.15, 0.2) is 0 Å². The van der Waals surface area contributed by atoms with Crippen LogP contribution in [0.5, 0.6) is 0 Å². The molecule has 3 rings (SSSR count). The van der Waals surface area contributed by atoms with Crippen molar-refractivity contribution in [1.29, 1.82) is 0 Å². The number of nitrogens with zero attached hydrogens (tertiary/aromatic N) is 3. The van der Waals surface area contributed by atoms with E-state index in [1.807, 2.05) is 27.0 Å². The molecule has 0 saturated carbocycles. The quantitative estimate of drug-likeness (QED) is 0.624. The molecule has 0 unspecified atom stereocenters. The average molecular weight is 445 g/mol. The summed E-state index contributed by atoms with van der Waals surface area (Å²) in [4.78, 5) is 20.8. The zero-order valence-corrected chi connectivity index (χ0v) is 16.5. The standard InChI is InChI=1S/C16H20IN3O2S/c1-16(2,3)22-15(21)20-7-5-19(6-8-20)14-11-4-9-23-13(11)12(17)10-18-14/h4,9-10H,5-8H2,1-3H3. The summed E-state index contributed by atoms with van der Waals surface area (Å²) in [5, 5.41) is 3.31. The second-order valence-electron chi connectivity index (χ2n) is 6.55. The molecule has 1 amide bonds. The predicted octanol–water partition coefficient (Wildman–Crippen LogP) is 3.96. The van der Waals surface area contributed by atoms with Crippen LogP contribution in [0.1, 0.15) is 20.8 Å². The first-order valence-electron chi connectivity index (χ1n) is 7.60. The zero-order valence-electron chi connectivity index (χ0n) is 13.5. The second-order valence-corrected chi connectivity index (χ2v) is 8.63. The monoisotopic (exact) mass is 445 g/mol. The van der Waals surface area contributed by atoms with Crippen molar-refractivity contribution in [3.05, 3.63) is 21.2 Å². The lowest BCUT2D eigenvalue weighted by Gasteiger charge is -2.36. The smallest absolute Gasteiger partial charge is 0.410 e. The van der Waals surface area contributed by atoms with Gasteiger partial charge in [-0.1, -0.05) is 0 Å². The Balaban J connectivity index is 1.70. The van der Waals surface area contributed by atoms with Gasteiger partial charge in [0.1, 0.15) is 11.4 Å². The van der Waals surface area contributed by atoms with Gasteiger partial charge in [-0.2, -0.15) is 0 Å². The molecule has 1 saturated heterocycles. The summed E-state index contributed by atoms with van der Waals surface area (Å²) in [5.74, 6) is 1.02. The largest absolute Gasteiger partial charge is 0.444 e. The van der Waals surface area contributed by atoms with Crippen molar-refractivity contribution in [1.82, 2.24) is 9.88 Å². The van der Waals surface area contributed by atoms with Crippen LogP contribution in [0, 0.1) is 3.57 Å².